The maximum atomic E-state index is 9.51. The van der Waals surface area contributed by atoms with E-state index in [-0.39, 0.29) is 0 Å². The number of hydrogen-bond donors (Lipinski definition) is 1. The maximum absolute atomic E-state index is 9.51. The third kappa shape index (κ3) is 28.4. The molecule has 0 aliphatic heterocycles. The standard InChI is InChI=1S/C4H6O2.C4H8O/c1-2-3-4(5)6;1-4(2)5-3/h2-3H,1H3,(H,5,6);1H2,2-3H3. The van der Waals surface area contributed by atoms with Gasteiger partial charge in [-0.25, -0.2) is 4.79 Å². The molecule has 0 spiro atoms. The lowest BCUT2D eigenvalue weighted by Gasteiger charge is -1.88. The molecule has 0 heterocycles. The number of hydrogen-bond acceptors (Lipinski definition) is 2. The minimum absolute atomic E-state index is 0.755. The molecular weight excluding hydrogens is 144 g/mol. The molecule has 0 atom stereocenters. The predicted molar refractivity (Wildman–Crippen MR) is 44.3 cm³/mol. The smallest absolute Gasteiger partial charge is 0.327 e. The van der Waals surface area contributed by atoms with Gasteiger partial charge in [-0.1, -0.05) is 12.7 Å². The Balaban J connectivity index is 0. The second-order valence-electron chi connectivity index (χ2n) is 1.74. The van der Waals surface area contributed by atoms with Crippen LogP contribution in [-0.4, -0.2) is 18.2 Å². The van der Waals surface area contributed by atoms with Crippen LogP contribution in [0.4, 0.5) is 0 Å². The number of aliphatic carboxylic acids is 1. The highest BCUT2D eigenvalue weighted by Gasteiger charge is 1.76. The van der Waals surface area contributed by atoms with Crippen molar-refractivity contribution in [1.82, 2.24) is 0 Å². The van der Waals surface area contributed by atoms with E-state index in [1.807, 2.05) is 0 Å². The summed E-state index contributed by atoms with van der Waals surface area (Å²) < 4.78 is 4.56. The van der Waals surface area contributed by atoms with E-state index in [9.17, 15) is 4.79 Å². The van der Waals surface area contributed by atoms with Gasteiger partial charge in [-0.2, -0.15) is 0 Å². The number of carboxylic acids is 1. The number of allylic oxidation sites excluding steroid dienone is 2. The lowest BCUT2D eigenvalue weighted by molar-refractivity contribution is -0.131. The number of methoxy groups -OCH3 is 1. The highest BCUT2D eigenvalue weighted by molar-refractivity contribution is 5.79. The van der Waals surface area contributed by atoms with Crippen LogP contribution in [0, 0.1) is 0 Å². The van der Waals surface area contributed by atoms with Gasteiger partial charge in [0.2, 0.25) is 0 Å². The van der Waals surface area contributed by atoms with E-state index in [1.165, 1.54) is 6.08 Å². The van der Waals surface area contributed by atoms with Gasteiger partial charge in [0.05, 0.1) is 12.9 Å². The molecule has 0 fully saturated rings. The van der Waals surface area contributed by atoms with Crippen molar-refractivity contribution >= 4 is 5.97 Å². The first-order valence-corrected chi connectivity index (χ1v) is 3.09. The molecule has 1 N–H and O–H groups in total. The Morgan fingerprint density at radius 2 is 2.00 bits per heavy atom. The molecular formula is C8H14O3. The van der Waals surface area contributed by atoms with E-state index in [2.05, 4.69) is 11.3 Å². The molecule has 3 heteroatoms. The van der Waals surface area contributed by atoms with E-state index < -0.39 is 5.97 Å². The van der Waals surface area contributed by atoms with Crippen molar-refractivity contribution in [2.75, 3.05) is 7.11 Å². The minimum Gasteiger partial charge on any atom is -0.502 e. The van der Waals surface area contributed by atoms with Crippen LogP contribution in [0.1, 0.15) is 13.8 Å². The molecule has 0 bridgehead atoms. The van der Waals surface area contributed by atoms with Crippen LogP contribution in [0.5, 0.6) is 0 Å². The Morgan fingerprint density at radius 3 is 2.00 bits per heavy atom. The molecule has 0 aromatic carbocycles. The average molecular weight is 158 g/mol. The van der Waals surface area contributed by atoms with E-state index in [0.717, 1.165) is 11.8 Å². The maximum Gasteiger partial charge on any atom is 0.327 e. The van der Waals surface area contributed by atoms with Crippen molar-refractivity contribution in [1.29, 1.82) is 0 Å². The lowest BCUT2D eigenvalue weighted by Crippen LogP contribution is -1.83. The summed E-state index contributed by atoms with van der Waals surface area (Å²) in [5.41, 5.74) is 0. The molecule has 0 saturated heterocycles. The Hall–Kier alpha value is -1.25. The number of ether oxygens (including phenoxy) is 1. The molecule has 11 heavy (non-hydrogen) atoms. The van der Waals surface area contributed by atoms with Crippen LogP contribution in [0.2, 0.25) is 0 Å². The Bertz CT molecular complexity index is 147. The predicted octanol–water partition coefficient (Wildman–Crippen LogP) is 1.81. The summed E-state index contributed by atoms with van der Waals surface area (Å²) >= 11 is 0. The molecule has 64 valence electrons. The van der Waals surface area contributed by atoms with Gasteiger partial charge in [0.1, 0.15) is 0 Å². The quantitative estimate of drug-likeness (QED) is 0.492. The van der Waals surface area contributed by atoms with E-state index in [4.69, 9.17) is 5.11 Å². The minimum atomic E-state index is -0.891. The van der Waals surface area contributed by atoms with Gasteiger partial charge >= 0.3 is 5.97 Å². The zero-order valence-electron chi connectivity index (χ0n) is 7.13. The van der Waals surface area contributed by atoms with E-state index in [0.29, 0.717) is 0 Å². The fraction of sp³-hybridized carbons (Fsp3) is 0.375. The van der Waals surface area contributed by atoms with Gasteiger partial charge in [-0.3, -0.25) is 0 Å². The molecule has 0 aliphatic carbocycles. The largest absolute Gasteiger partial charge is 0.502 e. The van der Waals surface area contributed by atoms with Crippen LogP contribution in [0.15, 0.2) is 24.5 Å². The summed E-state index contributed by atoms with van der Waals surface area (Å²) in [7, 11) is 1.60. The summed E-state index contributed by atoms with van der Waals surface area (Å²) in [5, 5.41) is 7.83. The normalized spacial score (nSPS) is 8.27. The first-order chi connectivity index (χ1) is 5.04. The first-order valence-electron chi connectivity index (χ1n) is 3.09. The number of carboxylic acid groups (broad SMARTS) is 1. The summed E-state index contributed by atoms with van der Waals surface area (Å²) in [5.74, 6) is -0.137. The van der Waals surface area contributed by atoms with Crippen LogP contribution in [0.25, 0.3) is 0 Å². The fourth-order valence-corrected chi connectivity index (χ4v) is 0.143. The van der Waals surface area contributed by atoms with Crippen molar-refractivity contribution < 1.29 is 14.6 Å². The summed E-state index contributed by atoms with van der Waals surface area (Å²) in [6, 6.07) is 0. The molecule has 0 unspecified atom stereocenters. The van der Waals surface area contributed by atoms with Gasteiger partial charge in [-0.15, -0.1) is 0 Å². The second kappa shape index (κ2) is 8.75. The Kier molecular flexibility index (Phi) is 9.89. The van der Waals surface area contributed by atoms with Crippen molar-refractivity contribution in [2.24, 2.45) is 0 Å². The van der Waals surface area contributed by atoms with Crippen molar-refractivity contribution in [2.45, 2.75) is 13.8 Å². The SMILES string of the molecule is C=C(C)OC.CC=CC(=O)O. The van der Waals surface area contributed by atoms with Gasteiger partial charge in [0.25, 0.3) is 0 Å². The molecule has 0 aliphatic rings. The lowest BCUT2D eigenvalue weighted by atomic mass is 10.5. The molecule has 0 aromatic rings. The van der Waals surface area contributed by atoms with Crippen molar-refractivity contribution in [3.63, 3.8) is 0 Å². The third-order valence-electron chi connectivity index (χ3n) is 0.658. The van der Waals surface area contributed by atoms with Gasteiger partial charge in [-0.05, 0) is 13.8 Å². The fourth-order valence-electron chi connectivity index (χ4n) is 0.143. The third-order valence-corrected chi connectivity index (χ3v) is 0.658. The molecule has 0 saturated carbocycles. The molecule has 0 radical (unpaired) electrons. The zero-order valence-corrected chi connectivity index (χ0v) is 7.13. The first kappa shape index (κ1) is 12.4. The topological polar surface area (TPSA) is 46.5 Å². The number of rotatable bonds is 2. The Morgan fingerprint density at radius 1 is 1.64 bits per heavy atom. The van der Waals surface area contributed by atoms with Crippen molar-refractivity contribution in [3.05, 3.63) is 24.5 Å². The van der Waals surface area contributed by atoms with Crippen LogP contribution < -0.4 is 0 Å². The van der Waals surface area contributed by atoms with Crippen molar-refractivity contribution in [3.8, 4) is 0 Å². The van der Waals surface area contributed by atoms with Crippen LogP contribution in [0.3, 0.4) is 0 Å². The summed E-state index contributed by atoms with van der Waals surface area (Å²) in [6.07, 6.45) is 2.56. The molecule has 0 rings (SSSR count). The monoisotopic (exact) mass is 158 g/mol. The summed E-state index contributed by atoms with van der Waals surface area (Å²) in [4.78, 5) is 9.51. The highest BCUT2D eigenvalue weighted by atomic mass is 16.5. The van der Waals surface area contributed by atoms with Gasteiger partial charge in [0.15, 0.2) is 0 Å². The van der Waals surface area contributed by atoms with Crippen LogP contribution >= 0.6 is 0 Å². The molecule has 3 nitrogen and oxygen atoms in total. The molecule has 0 aromatic heterocycles. The van der Waals surface area contributed by atoms with Gasteiger partial charge in [0, 0.05) is 6.08 Å². The highest BCUT2D eigenvalue weighted by Crippen LogP contribution is 1.80. The summed E-state index contributed by atoms with van der Waals surface area (Å²) in [6.45, 7) is 6.92. The molecule has 0 amide bonds. The Labute approximate surface area is 67.0 Å². The second-order valence-corrected chi connectivity index (χ2v) is 1.74. The average Bonchev–Trinajstić information content (AvgIpc) is 1.89. The zero-order chi connectivity index (χ0) is 9.28. The van der Waals surface area contributed by atoms with Crippen LogP contribution in [-0.2, 0) is 9.53 Å². The van der Waals surface area contributed by atoms with E-state index >= 15 is 0 Å². The number of carbonyl (C=O) groups is 1. The van der Waals surface area contributed by atoms with E-state index in [1.54, 1.807) is 21.0 Å². The van der Waals surface area contributed by atoms with Gasteiger partial charge < -0.3 is 9.84 Å².